The highest BCUT2D eigenvalue weighted by Crippen LogP contribution is 2.27. The average Bonchev–Trinajstić information content (AvgIpc) is 3.43. The molecular weight excluding hydrogens is 428 g/mol. The number of fused-ring (bicyclic) bond motifs is 4. The van der Waals surface area contributed by atoms with E-state index in [2.05, 4.69) is 20.7 Å². The van der Waals surface area contributed by atoms with Crippen molar-refractivity contribution >= 4 is 40.0 Å². The molecule has 3 aromatic heterocycles. The molecule has 6 aromatic rings. The van der Waals surface area contributed by atoms with E-state index < -0.39 is 0 Å². The molecule has 0 saturated heterocycles. The maximum absolute atomic E-state index is 12.7. The lowest BCUT2D eigenvalue weighted by atomic mass is 10.2. The second kappa shape index (κ2) is 8.21. The molecule has 164 valence electrons. The highest BCUT2D eigenvalue weighted by Gasteiger charge is 2.19. The van der Waals surface area contributed by atoms with Gasteiger partial charge in [-0.3, -0.25) is 4.79 Å². The molecule has 3 heterocycles. The van der Waals surface area contributed by atoms with Crippen LogP contribution >= 0.6 is 0 Å². The number of benzene rings is 3. The molecule has 1 N–H and O–H groups in total. The Morgan fingerprint density at radius 1 is 0.912 bits per heavy atom. The molecule has 3 aromatic carbocycles. The van der Waals surface area contributed by atoms with Crippen LogP contribution in [0.5, 0.6) is 0 Å². The third kappa shape index (κ3) is 3.45. The number of aromatic nitrogens is 6. The van der Waals surface area contributed by atoms with Crippen LogP contribution in [-0.4, -0.2) is 41.5 Å². The topological polar surface area (TPSA) is 102 Å². The van der Waals surface area contributed by atoms with E-state index >= 15 is 0 Å². The summed E-state index contributed by atoms with van der Waals surface area (Å²) in [7, 11) is 0. The Labute approximate surface area is 193 Å². The van der Waals surface area contributed by atoms with Gasteiger partial charge in [0, 0.05) is 10.9 Å². The second-order valence-corrected chi connectivity index (χ2v) is 7.69. The van der Waals surface area contributed by atoms with Crippen LogP contribution in [0.2, 0.25) is 0 Å². The molecule has 1 amide bonds. The molecular formula is C25H18N8O. The second-order valence-electron chi connectivity index (χ2n) is 7.69. The van der Waals surface area contributed by atoms with Crippen molar-refractivity contribution in [2.45, 2.75) is 6.54 Å². The van der Waals surface area contributed by atoms with E-state index in [-0.39, 0.29) is 12.5 Å². The molecule has 0 aliphatic carbocycles. The first-order valence-electron chi connectivity index (χ1n) is 10.7. The summed E-state index contributed by atoms with van der Waals surface area (Å²) in [5.74, 6) is 0.690. The van der Waals surface area contributed by atoms with Crippen molar-refractivity contribution < 1.29 is 4.79 Å². The van der Waals surface area contributed by atoms with Gasteiger partial charge in [-0.1, -0.05) is 78.9 Å². The van der Waals surface area contributed by atoms with Crippen LogP contribution in [0.3, 0.4) is 0 Å². The van der Waals surface area contributed by atoms with Crippen molar-refractivity contribution in [2.24, 2.45) is 5.10 Å². The molecule has 9 heteroatoms. The molecule has 0 radical (unpaired) electrons. The molecule has 0 aliphatic heterocycles. The maximum Gasteiger partial charge on any atom is 0.274 e. The maximum atomic E-state index is 12.7. The van der Waals surface area contributed by atoms with Gasteiger partial charge in [0.2, 0.25) is 0 Å². The molecule has 0 spiro atoms. The number of hydrazone groups is 1. The van der Waals surface area contributed by atoms with Gasteiger partial charge in [-0.15, -0.1) is 10.2 Å². The Hall–Kier alpha value is -4.92. The number of hydrogen-bond donors (Lipinski definition) is 1. The molecule has 0 unspecified atom stereocenters. The van der Waals surface area contributed by atoms with Crippen molar-refractivity contribution in [3.8, 4) is 11.4 Å². The smallest absolute Gasteiger partial charge is 0.274 e. The Balaban J connectivity index is 1.40. The number of carbonyl (C=O) groups excluding carboxylic acids is 1. The average molecular weight is 446 g/mol. The minimum absolute atomic E-state index is 0.0284. The van der Waals surface area contributed by atoms with Gasteiger partial charge in [0.1, 0.15) is 12.1 Å². The van der Waals surface area contributed by atoms with Crippen LogP contribution in [0.25, 0.3) is 39.2 Å². The van der Waals surface area contributed by atoms with E-state index in [0.29, 0.717) is 22.8 Å². The largest absolute Gasteiger partial charge is 0.314 e. The number of amides is 1. The predicted molar refractivity (Wildman–Crippen MR) is 129 cm³/mol. The molecule has 0 aliphatic rings. The zero-order valence-corrected chi connectivity index (χ0v) is 17.9. The summed E-state index contributed by atoms with van der Waals surface area (Å²) in [4.78, 5) is 17.4. The molecule has 0 atom stereocenters. The summed E-state index contributed by atoms with van der Waals surface area (Å²) < 4.78 is 3.46. The number of para-hydroxylation sites is 1. The Morgan fingerprint density at radius 3 is 2.47 bits per heavy atom. The highest BCUT2D eigenvalue weighted by atomic mass is 16.2. The van der Waals surface area contributed by atoms with Crippen molar-refractivity contribution in [3.63, 3.8) is 0 Å². The first kappa shape index (κ1) is 19.7. The fourth-order valence-corrected chi connectivity index (χ4v) is 3.94. The van der Waals surface area contributed by atoms with E-state index in [4.69, 9.17) is 10.1 Å². The molecule has 9 nitrogen and oxygen atoms in total. The third-order valence-electron chi connectivity index (χ3n) is 5.48. The fraction of sp³-hybridized carbons (Fsp3) is 0.0400. The van der Waals surface area contributed by atoms with Gasteiger partial charge in [0.25, 0.3) is 11.7 Å². The van der Waals surface area contributed by atoms with Crippen LogP contribution in [0, 0.1) is 0 Å². The van der Waals surface area contributed by atoms with Crippen molar-refractivity contribution in [1.29, 1.82) is 0 Å². The highest BCUT2D eigenvalue weighted by molar-refractivity contribution is 6.05. The zero-order valence-electron chi connectivity index (χ0n) is 17.9. The van der Waals surface area contributed by atoms with Crippen LogP contribution in [-0.2, 0) is 11.3 Å². The number of carbonyl (C=O) groups is 1. The number of rotatable bonds is 5. The van der Waals surface area contributed by atoms with Gasteiger partial charge in [-0.05, 0) is 11.6 Å². The van der Waals surface area contributed by atoms with Crippen molar-refractivity contribution in [1.82, 2.24) is 34.8 Å². The Morgan fingerprint density at radius 2 is 1.65 bits per heavy atom. The summed E-state index contributed by atoms with van der Waals surface area (Å²) >= 11 is 0. The summed E-state index contributed by atoms with van der Waals surface area (Å²) in [5.41, 5.74) is 6.45. The lowest BCUT2D eigenvalue weighted by molar-refractivity contribution is -0.121. The van der Waals surface area contributed by atoms with Gasteiger partial charge in [-0.25, -0.2) is 5.43 Å². The lowest BCUT2D eigenvalue weighted by Crippen LogP contribution is -2.23. The molecule has 6 rings (SSSR count). The fourth-order valence-electron chi connectivity index (χ4n) is 3.94. The Kier molecular flexibility index (Phi) is 4.77. The standard InChI is InChI=1S/C25H18N8O/c34-21(28-26-15-17-9-3-1-4-10-17)16-32-20-14-8-7-13-19(20)22-24(32)27-25-30-29-23(33(25)31-22)18-11-5-2-6-12-18/h1-15H,16H2,(H,28,34). The molecule has 34 heavy (non-hydrogen) atoms. The number of hydrogen-bond acceptors (Lipinski definition) is 6. The van der Waals surface area contributed by atoms with E-state index in [1.807, 2.05) is 89.5 Å². The van der Waals surface area contributed by atoms with E-state index in [9.17, 15) is 4.79 Å². The summed E-state index contributed by atoms with van der Waals surface area (Å²) in [5, 5.41) is 18.3. The number of nitrogens with one attached hydrogen (secondary N) is 1. The van der Waals surface area contributed by atoms with E-state index in [1.165, 1.54) is 0 Å². The SMILES string of the molecule is O=C(Cn1c2ccccc2c2nn3c(-c4ccccc4)nnc3nc21)NN=Cc1ccccc1. The van der Waals surface area contributed by atoms with Gasteiger partial charge in [-0.2, -0.15) is 19.7 Å². The van der Waals surface area contributed by atoms with Crippen molar-refractivity contribution in [3.05, 3.63) is 90.5 Å². The Bertz CT molecular complexity index is 1670. The van der Waals surface area contributed by atoms with Gasteiger partial charge >= 0.3 is 0 Å². The quantitative estimate of drug-likeness (QED) is 0.323. The first-order valence-corrected chi connectivity index (χ1v) is 10.7. The van der Waals surface area contributed by atoms with Crippen molar-refractivity contribution in [2.75, 3.05) is 0 Å². The van der Waals surface area contributed by atoms with E-state index in [0.717, 1.165) is 22.0 Å². The lowest BCUT2D eigenvalue weighted by Gasteiger charge is -2.05. The van der Waals surface area contributed by atoms with Gasteiger partial charge in [0.15, 0.2) is 11.5 Å². The van der Waals surface area contributed by atoms with Crippen LogP contribution in [0.4, 0.5) is 0 Å². The predicted octanol–water partition coefficient (Wildman–Crippen LogP) is 3.44. The van der Waals surface area contributed by atoms with Crippen LogP contribution < -0.4 is 5.43 Å². The first-order chi connectivity index (χ1) is 16.8. The zero-order chi connectivity index (χ0) is 22.9. The molecule has 0 fully saturated rings. The van der Waals surface area contributed by atoms with E-state index in [1.54, 1.807) is 10.7 Å². The number of nitrogens with zero attached hydrogens (tertiary/aromatic N) is 7. The van der Waals surface area contributed by atoms with Crippen LogP contribution in [0.1, 0.15) is 5.56 Å². The molecule has 0 saturated carbocycles. The van der Waals surface area contributed by atoms with Gasteiger partial charge in [0.05, 0.1) is 11.7 Å². The minimum Gasteiger partial charge on any atom is -0.314 e. The van der Waals surface area contributed by atoms with Crippen LogP contribution in [0.15, 0.2) is 90.0 Å². The summed E-state index contributed by atoms with van der Waals surface area (Å²) in [6, 6.07) is 27.1. The molecule has 0 bridgehead atoms. The summed E-state index contributed by atoms with van der Waals surface area (Å²) in [6.45, 7) is 0.0284. The normalized spacial score (nSPS) is 11.6. The third-order valence-corrected chi connectivity index (χ3v) is 5.48. The van der Waals surface area contributed by atoms with Gasteiger partial charge < -0.3 is 4.57 Å². The summed E-state index contributed by atoms with van der Waals surface area (Å²) in [6.07, 6.45) is 1.61. The monoisotopic (exact) mass is 446 g/mol. The minimum atomic E-state index is -0.275.